The molecule has 2 amide bonds. The Balaban J connectivity index is 2.11. The molecule has 1 aromatic carbocycles. The maximum absolute atomic E-state index is 11.9. The Morgan fingerprint density at radius 3 is 2.44 bits per heavy atom. The van der Waals surface area contributed by atoms with Crippen molar-refractivity contribution in [1.82, 2.24) is 0 Å². The van der Waals surface area contributed by atoms with E-state index in [2.05, 4.69) is 0 Å². The zero-order valence-corrected chi connectivity index (χ0v) is 9.85. The molecule has 2 unspecified atom stereocenters. The highest BCUT2D eigenvalue weighted by atomic mass is 35.5. The number of benzene rings is 1. The van der Waals surface area contributed by atoms with Crippen molar-refractivity contribution < 1.29 is 19.5 Å². The van der Waals surface area contributed by atoms with E-state index in [4.69, 9.17) is 16.7 Å². The van der Waals surface area contributed by atoms with Crippen LogP contribution in [0.1, 0.15) is 16.8 Å². The van der Waals surface area contributed by atoms with Gasteiger partial charge in [0, 0.05) is 5.02 Å². The highest BCUT2D eigenvalue weighted by molar-refractivity contribution is 6.32. The molecule has 2 aliphatic rings. The number of rotatable bonds is 2. The van der Waals surface area contributed by atoms with Crippen molar-refractivity contribution in [2.24, 2.45) is 11.8 Å². The molecule has 0 radical (unpaired) electrons. The standard InChI is InChI=1S/C12H8ClNO4/c13-5-1-2-6(12(17)18)9(3-5)14-10(15)7-4-8(7)11(14)16/h1-3,7-8H,4H2,(H,17,18). The molecule has 92 valence electrons. The van der Waals surface area contributed by atoms with E-state index < -0.39 is 5.97 Å². The second-order valence-electron chi connectivity index (χ2n) is 4.43. The van der Waals surface area contributed by atoms with Gasteiger partial charge in [0.2, 0.25) is 11.8 Å². The third-order valence-electron chi connectivity index (χ3n) is 3.30. The van der Waals surface area contributed by atoms with Crippen molar-refractivity contribution in [2.75, 3.05) is 4.90 Å². The Hall–Kier alpha value is -1.88. The van der Waals surface area contributed by atoms with Gasteiger partial charge in [-0.05, 0) is 24.6 Å². The van der Waals surface area contributed by atoms with Gasteiger partial charge < -0.3 is 5.11 Å². The van der Waals surface area contributed by atoms with E-state index in [1.165, 1.54) is 18.2 Å². The second-order valence-corrected chi connectivity index (χ2v) is 4.86. The SMILES string of the molecule is O=C(O)c1ccc(Cl)cc1N1C(=O)C2CC2C1=O. The van der Waals surface area contributed by atoms with Crippen LogP contribution in [0.25, 0.3) is 0 Å². The number of carboxylic acid groups (broad SMARTS) is 1. The van der Waals surface area contributed by atoms with E-state index in [-0.39, 0.29) is 39.9 Å². The number of imide groups is 1. The summed E-state index contributed by atoms with van der Waals surface area (Å²) in [6.45, 7) is 0. The van der Waals surface area contributed by atoms with Gasteiger partial charge in [0.25, 0.3) is 0 Å². The summed E-state index contributed by atoms with van der Waals surface area (Å²) in [5, 5.41) is 9.36. The molecule has 1 N–H and O–H groups in total. The number of hydrogen-bond acceptors (Lipinski definition) is 3. The van der Waals surface area contributed by atoms with E-state index in [0.717, 1.165) is 4.90 Å². The first kappa shape index (κ1) is 11.2. The van der Waals surface area contributed by atoms with Crippen molar-refractivity contribution in [3.8, 4) is 0 Å². The van der Waals surface area contributed by atoms with Crippen LogP contribution in [0.3, 0.4) is 0 Å². The van der Waals surface area contributed by atoms with Crippen molar-refractivity contribution >= 4 is 35.1 Å². The number of nitrogens with zero attached hydrogens (tertiary/aromatic N) is 1. The molecular formula is C12H8ClNO4. The first-order valence-corrected chi connectivity index (χ1v) is 5.79. The van der Waals surface area contributed by atoms with E-state index in [1.54, 1.807) is 0 Å². The molecule has 0 bridgehead atoms. The monoisotopic (exact) mass is 265 g/mol. The summed E-state index contributed by atoms with van der Waals surface area (Å²) >= 11 is 5.80. The molecule has 1 aromatic rings. The number of aromatic carboxylic acids is 1. The quantitative estimate of drug-likeness (QED) is 0.823. The summed E-state index contributed by atoms with van der Waals surface area (Å²) < 4.78 is 0. The van der Waals surface area contributed by atoms with Crippen LogP contribution in [0.5, 0.6) is 0 Å². The number of carbonyl (C=O) groups is 3. The molecule has 3 rings (SSSR count). The molecule has 1 saturated heterocycles. The average molecular weight is 266 g/mol. The fourth-order valence-electron chi connectivity index (χ4n) is 2.29. The molecule has 1 aliphatic carbocycles. The number of halogens is 1. The van der Waals surface area contributed by atoms with Crippen LogP contribution < -0.4 is 4.90 Å². The van der Waals surface area contributed by atoms with Gasteiger partial charge in [-0.15, -0.1) is 0 Å². The van der Waals surface area contributed by atoms with Gasteiger partial charge in [-0.1, -0.05) is 11.6 Å². The highest BCUT2D eigenvalue weighted by Gasteiger charge is 2.59. The van der Waals surface area contributed by atoms with Crippen molar-refractivity contribution in [2.45, 2.75) is 6.42 Å². The Morgan fingerprint density at radius 1 is 1.28 bits per heavy atom. The third-order valence-corrected chi connectivity index (χ3v) is 3.53. The van der Waals surface area contributed by atoms with Gasteiger partial charge in [-0.25, -0.2) is 9.69 Å². The summed E-state index contributed by atoms with van der Waals surface area (Å²) in [4.78, 5) is 35.9. The summed E-state index contributed by atoms with van der Waals surface area (Å²) in [5.74, 6) is -2.37. The Bertz CT molecular complexity index is 578. The largest absolute Gasteiger partial charge is 0.478 e. The summed E-state index contributed by atoms with van der Waals surface area (Å²) in [6.07, 6.45) is 0.580. The minimum atomic E-state index is -1.19. The van der Waals surface area contributed by atoms with Gasteiger partial charge in [0.15, 0.2) is 0 Å². The Labute approximate surface area is 107 Å². The minimum Gasteiger partial charge on any atom is -0.478 e. The van der Waals surface area contributed by atoms with Crippen LogP contribution in [0.2, 0.25) is 5.02 Å². The fourth-order valence-corrected chi connectivity index (χ4v) is 2.46. The maximum Gasteiger partial charge on any atom is 0.337 e. The summed E-state index contributed by atoms with van der Waals surface area (Å²) in [7, 11) is 0. The number of carbonyl (C=O) groups excluding carboxylic acids is 2. The molecule has 1 aliphatic heterocycles. The zero-order chi connectivity index (χ0) is 13.0. The number of hydrogen-bond donors (Lipinski definition) is 1. The van der Waals surface area contributed by atoms with Gasteiger partial charge in [-0.3, -0.25) is 9.59 Å². The molecule has 1 heterocycles. The fraction of sp³-hybridized carbons (Fsp3) is 0.250. The molecule has 2 fully saturated rings. The highest BCUT2D eigenvalue weighted by Crippen LogP contribution is 2.49. The molecular weight excluding hydrogens is 258 g/mol. The summed E-state index contributed by atoms with van der Waals surface area (Å²) in [6, 6.07) is 4.05. The predicted molar refractivity (Wildman–Crippen MR) is 62.5 cm³/mol. The van der Waals surface area contributed by atoms with Crippen molar-refractivity contribution in [3.05, 3.63) is 28.8 Å². The Kier molecular flexibility index (Phi) is 2.22. The lowest BCUT2D eigenvalue weighted by atomic mass is 10.1. The molecule has 5 nitrogen and oxygen atoms in total. The normalized spacial score (nSPS) is 25.3. The first-order valence-electron chi connectivity index (χ1n) is 5.41. The van der Waals surface area contributed by atoms with Gasteiger partial charge >= 0.3 is 5.97 Å². The van der Waals surface area contributed by atoms with Crippen LogP contribution >= 0.6 is 11.6 Å². The van der Waals surface area contributed by atoms with Gasteiger partial charge in [0.05, 0.1) is 23.1 Å². The van der Waals surface area contributed by atoms with E-state index in [0.29, 0.717) is 6.42 Å². The van der Waals surface area contributed by atoms with Crippen LogP contribution in [-0.2, 0) is 9.59 Å². The number of piperidine rings is 1. The van der Waals surface area contributed by atoms with Crippen molar-refractivity contribution in [3.63, 3.8) is 0 Å². The lowest BCUT2D eigenvalue weighted by Crippen LogP contribution is -2.34. The maximum atomic E-state index is 11.9. The predicted octanol–water partition coefficient (Wildman–Crippen LogP) is 1.55. The number of anilines is 1. The smallest absolute Gasteiger partial charge is 0.337 e. The van der Waals surface area contributed by atoms with E-state index in [1.807, 2.05) is 0 Å². The van der Waals surface area contributed by atoms with Crippen molar-refractivity contribution in [1.29, 1.82) is 0 Å². The van der Waals surface area contributed by atoms with Gasteiger partial charge in [-0.2, -0.15) is 0 Å². The molecule has 6 heteroatoms. The van der Waals surface area contributed by atoms with E-state index in [9.17, 15) is 14.4 Å². The Morgan fingerprint density at radius 2 is 1.89 bits per heavy atom. The summed E-state index contributed by atoms with van der Waals surface area (Å²) in [5.41, 5.74) is -0.0281. The van der Waals surface area contributed by atoms with Crippen LogP contribution in [0.4, 0.5) is 5.69 Å². The van der Waals surface area contributed by atoms with Gasteiger partial charge in [0.1, 0.15) is 0 Å². The number of amides is 2. The van der Waals surface area contributed by atoms with Crippen LogP contribution in [0, 0.1) is 11.8 Å². The minimum absolute atomic E-state index is 0.0669. The molecule has 1 saturated carbocycles. The third kappa shape index (κ3) is 1.44. The lowest BCUT2D eigenvalue weighted by Gasteiger charge is -2.18. The molecule has 0 spiro atoms. The first-order chi connectivity index (χ1) is 8.50. The molecule has 18 heavy (non-hydrogen) atoms. The van der Waals surface area contributed by atoms with Crippen LogP contribution in [0.15, 0.2) is 18.2 Å². The molecule has 0 aromatic heterocycles. The lowest BCUT2D eigenvalue weighted by molar-refractivity contribution is -0.123. The van der Waals surface area contributed by atoms with E-state index >= 15 is 0 Å². The topological polar surface area (TPSA) is 74.7 Å². The van der Waals surface area contributed by atoms with Crippen LogP contribution in [-0.4, -0.2) is 22.9 Å². The average Bonchev–Trinajstić information content (AvgIpc) is 3.04. The second kappa shape index (κ2) is 3.55. The number of fused-ring (bicyclic) bond motifs is 1. The number of carboxylic acids is 1. The molecule has 2 atom stereocenters. The zero-order valence-electron chi connectivity index (χ0n) is 9.09.